The first-order valence-corrected chi connectivity index (χ1v) is 12.7. The molecule has 1 saturated carbocycles. The van der Waals surface area contributed by atoms with E-state index in [-0.39, 0.29) is 11.6 Å². The number of aryl methyl sites for hydroxylation is 1. The van der Waals surface area contributed by atoms with Gasteiger partial charge < -0.3 is 24.8 Å². The number of nitrogens with zero attached hydrogens (tertiary/aromatic N) is 5. The Bertz CT molecular complexity index is 1330. The molecule has 0 spiro atoms. The number of anilines is 3. The van der Waals surface area contributed by atoms with Gasteiger partial charge in [0.05, 0.1) is 11.4 Å². The average molecular weight is 543 g/mol. The van der Waals surface area contributed by atoms with Crippen molar-refractivity contribution < 1.29 is 27.5 Å². The molecule has 1 aliphatic carbocycles. The van der Waals surface area contributed by atoms with E-state index in [4.69, 9.17) is 5.73 Å². The minimum absolute atomic E-state index is 0.156. The molecule has 1 saturated heterocycles. The summed E-state index contributed by atoms with van der Waals surface area (Å²) in [4.78, 5) is 35.7. The van der Waals surface area contributed by atoms with Gasteiger partial charge in [-0.2, -0.15) is 0 Å². The fourth-order valence-electron chi connectivity index (χ4n) is 4.67. The molecular weight excluding hydrogens is 513 g/mol. The number of nitrogens with two attached hydrogens (primary N) is 1. The summed E-state index contributed by atoms with van der Waals surface area (Å²) in [6, 6.07) is 9.59. The van der Waals surface area contributed by atoms with Gasteiger partial charge >= 0.3 is 12.4 Å². The number of pyridine rings is 1. The van der Waals surface area contributed by atoms with E-state index >= 15 is 0 Å². The number of hydrogen-bond acceptors (Lipinski definition) is 5. The Balaban J connectivity index is 1.36. The lowest BCUT2D eigenvalue weighted by Gasteiger charge is -2.35. The number of halogens is 3. The second-order valence-electron chi connectivity index (χ2n) is 9.87. The Hall–Kier alpha value is -4.22. The third-order valence-electron chi connectivity index (χ3n) is 6.85. The van der Waals surface area contributed by atoms with Crippen LogP contribution in [0.5, 0.6) is 5.75 Å². The predicted molar refractivity (Wildman–Crippen MR) is 139 cm³/mol. The predicted octanol–water partition coefficient (Wildman–Crippen LogP) is 4.68. The topological polar surface area (TPSA) is 96.9 Å². The van der Waals surface area contributed by atoms with Gasteiger partial charge in [-0.15, -0.1) is 13.2 Å². The number of benzene rings is 1. The van der Waals surface area contributed by atoms with E-state index in [1.165, 1.54) is 17.0 Å². The largest absolute Gasteiger partial charge is 0.573 e. The van der Waals surface area contributed by atoms with Crippen LogP contribution in [0.4, 0.5) is 35.2 Å². The molecule has 2 fully saturated rings. The number of rotatable bonds is 7. The number of urea groups is 1. The minimum Gasteiger partial charge on any atom is -0.406 e. The molecule has 2 aliphatic rings. The Morgan fingerprint density at radius 3 is 2.31 bits per heavy atom. The quantitative estimate of drug-likeness (QED) is 0.468. The molecule has 12 heteroatoms. The maximum absolute atomic E-state index is 13.6. The number of carbonyl (C=O) groups excluding carboxylic acids is 2. The molecule has 3 aromatic rings. The summed E-state index contributed by atoms with van der Waals surface area (Å²) in [6.07, 6.45) is 0.804. The van der Waals surface area contributed by atoms with Crippen LogP contribution in [0.1, 0.15) is 28.9 Å². The standard InChI is InChI=1S/C27H29F3N6O3/c1-18-2-9-24(32-15-18)33-10-12-34(13-11-33)25(37)23-14-21(17-35(23)16-19-3-4-19)36(26(31)38)20-5-7-22(8-6-20)39-27(28,29)30/h2,5-9,14-15,17,19H,3-4,10-13,16H2,1H3,(H2,31,38). The average Bonchev–Trinajstić information content (AvgIpc) is 3.62. The van der Waals surface area contributed by atoms with Crippen LogP contribution in [-0.4, -0.2) is 58.9 Å². The van der Waals surface area contributed by atoms with Crippen molar-refractivity contribution in [2.75, 3.05) is 36.0 Å². The maximum Gasteiger partial charge on any atom is 0.573 e. The van der Waals surface area contributed by atoms with Crippen molar-refractivity contribution in [3.05, 3.63) is 66.1 Å². The van der Waals surface area contributed by atoms with Gasteiger partial charge in [-0.1, -0.05) is 6.07 Å². The van der Waals surface area contributed by atoms with E-state index in [1.807, 2.05) is 29.8 Å². The first-order valence-electron chi connectivity index (χ1n) is 12.7. The lowest BCUT2D eigenvalue weighted by molar-refractivity contribution is -0.274. The Labute approximate surface area is 223 Å². The SMILES string of the molecule is Cc1ccc(N2CCN(C(=O)c3cc(N(C(N)=O)c4ccc(OC(F)(F)F)cc4)cn3CC3CC3)CC2)nc1. The van der Waals surface area contributed by atoms with E-state index in [0.717, 1.165) is 36.4 Å². The summed E-state index contributed by atoms with van der Waals surface area (Å²) in [5, 5.41) is 0. The third kappa shape index (κ3) is 6.27. The molecule has 1 aliphatic heterocycles. The molecule has 0 atom stereocenters. The van der Waals surface area contributed by atoms with Crippen LogP contribution in [0.3, 0.4) is 0 Å². The van der Waals surface area contributed by atoms with E-state index in [9.17, 15) is 22.8 Å². The molecule has 5 rings (SSSR count). The first-order chi connectivity index (χ1) is 18.6. The number of primary amides is 1. The summed E-state index contributed by atoms with van der Waals surface area (Å²) in [5.41, 5.74) is 7.79. The molecule has 1 aromatic carbocycles. The highest BCUT2D eigenvalue weighted by molar-refractivity contribution is 6.01. The highest BCUT2D eigenvalue weighted by Crippen LogP contribution is 2.35. The summed E-state index contributed by atoms with van der Waals surface area (Å²) < 4.78 is 43.4. The van der Waals surface area contributed by atoms with Crippen molar-refractivity contribution in [1.29, 1.82) is 0 Å². The Morgan fingerprint density at radius 1 is 1.05 bits per heavy atom. The van der Waals surface area contributed by atoms with E-state index < -0.39 is 18.1 Å². The molecule has 0 bridgehead atoms. The molecule has 9 nitrogen and oxygen atoms in total. The van der Waals surface area contributed by atoms with Crippen molar-refractivity contribution in [1.82, 2.24) is 14.5 Å². The number of amides is 3. The number of aromatic nitrogens is 2. The zero-order valence-electron chi connectivity index (χ0n) is 21.4. The van der Waals surface area contributed by atoms with Gasteiger partial charge in [0.1, 0.15) is 17.3 Å². The van der Waals surface area contributed by atoms with Gasteiger partial charge in [0.25, 0.3) is 5.91 Å². The van der Waals surface area contributed by atoms with Crippen LogP contribution >= 0.6 is 0 Å². The molecule has 2 aromatic heterocycles. The van der Waals surface area contributed by atoms with Crippen molar-refractivity contribution in [2.24, 2.45) is 11.7 Å². The number of piperazine rings is 1. The zero-order valence-corrected chi connectivity index (χ0v) is 21.4. The smallest absolute Gasteiger partial charge is 0.406 e. The van der Waals surface area contributed by atoms with Gasteiger partial charge in [-0.3, -0.25) is 9.69 Å². The normalized spacial score (nSPS) is 15.8. The van der Waals surface area contributed by atoms with Crippen LogP contribution in [0.15, 0.2) is 54.9 Å². The van der Waals surface area contributed by atoms with E-state index in [1.54, 1.807) is 17.2 Å². The van der Waals surface area contributed by atoms with Crippen LogP contribution < -0.4 is 20.3 Å². The molecule has 0 unspecified atom stereocenters. The van der Waals surface area contributed by atoms with Crippen molar-refractivity contribution in [3.8, 4) is 5.75 Å². The highest BCUT2D eigenvalue weighted by Gasteiger charge is 2.32. The summed E-state index contributed by atoms with van der Waals surface area (Å²) in [5.74, 6) is 0.743. The molecule has 206 valence electrons. The Kier molecular flexibility index (Phi) is 7.11. The van der Waals surface area contributed by atoms with Crippen LogP contribution in [0.25, 0.3) is 0 Å². The highest BCUT2D eigenvalue weighted by atomic mass is 19.4. The fourth-order valence-corrected chi connectivity index (χ4v) is 4.67. The second kappa shape index (κ2) is 10.5. The fraction of sp³-hybridized carbons (Fsp3) is 0.370. The van der Waals surface area contributed by atoms with Crippen molar-refractivity contribution in [3.63, 3.8) is 0 Å². The summed E-state index contributed by atoms with van der Waals surface area (Å²) in [6.45, 7) is 4.90. The monoisotopic (exact) mass is 542 g/mol. The number of alkyl halides is 3. The molecule has 0 radical (unpaired) electrons. The van der Waals surface area contributed by atoms with Crippen molar-refractivity contribution >= 4 is 29.1 Å². The number of hydrogen-bond donors (Lipinski definition) is 1. The van der Waals surface area contributed by atoms with Crippen LogP contribution in [0, 0.1) is 12.8 Å². The van der Waals surface area contributed by atoms with Gasteiger partial charge in [0.15, 0.2) is 0 Å². The second-order valence-corrected chi connectivity index (χ2v) is 9.87. The van der Waals surface area contributed by atoms with Gasteiger partial charge in [0.2, 0.25) is 0 Å². The lowest BCUT2D eigenvalue weighted by atomic mass is 10.2. The van der Waals surface area contributed by atoms with Crippen LogP contribution in [-0.2, 0) is 6.54 Å². The number of carbonyl (C=O) groups is 2. The first kappa shape index (κ1) is 26.4. The zero-order chi connectivity index (χ0) is 27.7. The van der Waals surface area contributed by atoms with E-state index in [0.29, 0.717) is 50.0 Å². The minimum atomic E-state index is -4.83. The molecule has 3 amide bonds. The molecule has 2 N–H and O–H groups in total. The number of ether oxygens (including phenoxy) is 1. The maximum atomic E-state index is 13.6. The van der Waals surface area contributed by atoms with Crippen LogP contribution in [0.2, 0.25) is 0 Å². The summed E-state index contributed by atoms with van der Waals surface area (Å²) >= 11 is 0. The Morgan fingerprint density at radius 2 is 1.74 bits per heavy atom. The molecule has 39 heavy (non-hydrogen) atoms. The van der Waals surface area contributed by atoms with Gasteiger partial charge in [-0.05, 0) is 67.6 Å². The van der Waals surface area contributed by atoms with Gasteiger partial charge in [0, 0.05) is 45.1 Å². The third-order valence-corrected chi connectivity index (χ3v) is 6.85. The summed E-state index contributed by atoms with van der Waals surface area (Å²) in [7, 11) is 0. The van der Waals surface area contributed by atoms with Crippen molar-refractivity contribution in [2.45, 2.75) is 32.7 Å². The lowest BCUT2D eigenvalue weighted by Crippen LogP contribution is -2.49. The van der Waals surface area contributed by atoms with E-state index in [2.05, 4.69) is 14.6 Å². The molecule has 3 heterocycles. The van der Waals surface area contributed by atoms with Gasteiger partial charge in [-0.25, -0.2) is 9.78 Å². The molecular formula is C27H29F3N6O3.